The molecule has 5 nitrogen and oxygen atoms in total. The predicted molar refractivity (Wildman–Crippen MR) is 142 cm³/mol. The average Bonchev–Trinajstić information content (AvgIpc) is 2.87. The highest BCUT2D eigenvalue weighted by molar-refractivity contribution is 5.90. The molecule has 0 radical (unpaired) electrons. The lowest BCUT2D eigenvalue weighted by molar-refractivity contribution is -0.116. The van der Waals surface area contributed by atoms with Gasteiger partial charge in [-0.1, -0.05) is 54.6 Å². The van der Waals surface area contributed by atoms with E-state index in [2.05, 4.69) is 16.4 Å². The first-order chi connectivity index (χ1) is 17.0. The number of carbonyl (C=O) groups excluding carboxylic acids is 1. The number of nitrogens with one attached hydrogen (secondary N) is 1. The third-order valence-electron chi connectivity index (χ3n) is 5.81. The lowest BCUT2D eigenvalue weighted by Gasteiger charge is -2.15. The van der Waals surface area contributed by atoms with Crippen molar-refractivity contribution in [2.24, 2.45) is 0 Å². The molecule has 0 fully saturated rings. The van der Waals surface area contributed by atoms with Crippen LogP contribution in [0.4, 0.5) is 0 Å². The molecule has 0 aliphatic rings. The highest BCUT2D eigenvalue weighted by atomic mass is 16.5. The normalized spacial score (nSPS) is 10.7. The summed E-state index contributed by atoms with van der Waals surface area (Å²) in [6.07, 6.45) is 8.12. The van der Waals surface area contributed by atoms with Crippen LogP contribution in [0.3, 0.4) is 0 Å². The Bertz CT molecular complexity index is 1150. The number of allylic oxidation sites excluding steroid dienone is 2. The van der Waals surface area contributed by atoms with Crippen molar-refractivity contribution < 1.29 is 14.3 Å². The summed E-state index contributed by atoms with van der Waals surface area (Å²) in [4.78, 5) is 16.9. The summed E-state index contributed by atoms with van der Waals surface area (Å²) in [6.45, 7) is 4.69. The topological polar surface area (TPSA) is 60.5 Å². The molecule has 0 aliphatic carbocycles. The van der Waals surface area contributed by atoms with E-state index in [9.17, 15) is 4.79 Å². The molecule has 1 N–H and O–H groups in total. The van der Waals surface area contributed by atoms with E-state index in [-0.39, 0.29) is 5.91 Å². The van der Waals surface area contributed by atoms with Gasteiger partial charge in [0.05, 0.1) is 14.2 Å². The fourth-order valence-electron chi connectivity index (χ4n) is 3.98. The monoisotopic (exact) mass is 470 g/mol. The molecule has 0 saturated heterocycles. The maximum absolute atomic E-state index is 12.4. The number of pyridine rings is 1. The number of nitrogens with zero attached hydrogens (tertiary/aromatic N) is 1. The lowest BCUT2D eigenvalue weighted by atomic mass is 9.95. The van der Waals surface area contributed by atoms with E-state index in [0.29, 0.717) is 6.54 Å². The maximum Gasteiger partial charge on any atom is 0.243 e. The Balaban J connectivity index is 1.64. The summed E-state index contributed by atoms with van der Waals surface area (Å²) in [5.74, 6) is 1.39. The van der Waals surface area contributed by atoms with Crippen molar-refractivity contribution in [1.82, 2.24) is 10.3 Å². The highest BCUT2D eigenvalue weighted by Gasteiger charge is 2.13. The molecular formula is C30H34N2O3. The Kier molecular flexibility index (Phi) is 9.67. The molecule has 0 saturated carbocycles. The number of rotatable bonds is 11. The van der Waals surface area contributed by atoms with Crippen LogP contribution in [0, 0.1) is 13.8 Å². The molecule has 0 spiro atoms. The number of aromatic nitrogens is 1. The molecule has 5 heteroatoms. The number of hydrogen-bond acceptors (Lipinski definition) is 4. The number of benzene rings is 2. The fourth-order valence-corrected chi connectivity index (χ4v) is 3.98. The van der Waals surface area contributed by atoms with E-state index in [1.807, 2.05) is 74.5 Å². The molecule has 0 atom stereocenters. The van der Waals surface area contributed by atoms with Gasteiger partial charge in [0.2, 0.25) is 5.91 Å². The van der Waals surface area contributed by atoms with Crippen LogP contribution in [0.2, 0.25) is 0 Å². The van der Waals surface area contributed by atoms with Crippen molar-refractivity contribution in [2.45, 2.75) is 33.1 Å². The van der Waals surface area contributed by atoms with Gasteiger partial charge < -0.3 is 14.8 Å². The molecule has 1 heterocycles. The van der Waals surface area contributed by atoms with E-state index in [0.717, 1.165) is 58.8 Å². The number of aryl methyl sites for hydroxylation is 3. The third kappa shape index (κ3) is 7.31. The van der Waals surface area contributed by atoms with E-state index in [4.69, 9.17) is 9.47 Å². The number of unbranched alkanes of at least 4 members (excludes halogenated alkanes) is 1. The zero-order chi connectivity index (χ0) is 25.0. The van der Waals surface area contributed by atoms with Gasteiger partial charge in [0.1, 0.15) is 11.5 Å². The molecule has 182 valence electrons. The number of hydrogen-bond donors (Lipinski definition) is 1. The summed E-state index contributed by atoms with van der Waals surface area (Å²) >= 11 is 0. The molecule has 2 aromatic carbocycles. The number of para-hydroxylation sites is 2. The number of ether oxygens (including phenoxy) is 2. The van der Waals surface area contributed by atoms with Crippen molar-refractivity contribution in [3.05, 3.63) is 107 Å². The van der Waals surface area contributed by atoms with Gasteiger partial charge in [0, 0.05) is 35.1 Å². The van der Waals surface area contributed by atoms with Crippen LogP contribution in [-0.4, -0.2) is 31.7 Å². The van der Waals surface area contributed by atoms with Crippen molar-refractivity contribution >= 4 is 11.5 Å². The SMILES string of the molecule is COc1ccccc1C(=CC=CC(=O)NCCCCc1ccc(C)nc1C)c1ccccc1OC. The van der Waals surface area contributed by atoms with Crippen LogP contribution in [0.15, 0.2) is 78.9 Å². The molecular weight excluding hydrogens is 436 g/mol. The Morgan fingerprint density at radius 2 is 1.51 bits per heavy atom. The van der Waals surface area contributed by atoms with Crippen molar-refractivity contribution in [1.29, 1.82) is 0 Å². The Morgan fingerprint density at radius 1 is 0.886 bits per heavy atom. The minimum atomic E-state index is -0.117. The zero-order valence-electron chi connectivity index (χ0n) is 21.0. The standard InChI is InChI=1S/C30H34N2O3/c1-22-19-20-24(23(2)32-22)12-9-10-21-31-30(33)18-11-15-25(26-13-5-7-16-28(26)34-3)27-14-6-8-17-29(27)35-4/h5-8,11,13-20H,9-10,12,21H2,1-4H3,(H,31,33). The second-order valence-electron chi connectivity index (χ2n) is 8.29. The highest BCUT2D eigenvalue weighted by Crippen LogP contribution is 2.35. The van der Waals surface area contributed by atoms with Gasteiger partial charge in [-0.05, 0) is 62.4 Å². The minimum absolute atomic E-state index is 0.117. The molecule has 0 aliphatic heterocycles. The van der Waals surface area contributed by atoms with Crippen LogP contribution in [0.25, 0.3) is 5.57 Å². The van der Waals surface area contributed by atoms with E-state index in [1.54, 1.807) is 26.4 Å². The molecule has 1 amide bonds. The zero-order valence-corrected chi connectivity index (χ0v) is 21.0. The van der Waals surface area contributed by atoms with Gasteiger partial charge in [-0.25, -0.2) is 0 Å². The van der Waals surface area contributed by atoms with E-state index in [1.165, 1.54) is 5.56 Å². The number of carbonyl (C=O) groups is 1. The number of amides is 1. The summed E-state index contributed by atoms with van der Waals surface area (Å²) in [6, 6.07) is 19.8. The van der Waals surface area contributed by atoms with Crippen LogP contribution >= 0.6 is 0 Å². The van der Waals surface area contributed by atoms with Gasteiger partial charge in [0.15, 0.2) is 0 Å². The van der Waals surface area contributed by atoms with Crippen LogP contribution in [0.5, 0.6) is 11.5 Å². The van der Waals surface area contributed by atoms with Crippen molar-refractivity contribution in [3.8, 4) is 11.5 Å². The fraction of sp³-hybridized carbons (Fsp3) is 0.267. The average molecular weight is 471 g/mol. The van der Waals surface area contributed by atoms with Crippen molar-refractivity contribution in [3.63, 3.8) is 0 Å². The molecule has 3 rings (SSSR count). The van der Waals surface area contributed by atoms with Gasteiger partial charge in [-0.15, -0.1) is 0 Å². The Labute approximate surface area is 208 Å². The summed E-state index contributed by atoms with van der Waals surface area (Å²) in [7, 11) is 3.30. The lowest BCUT2D eigenvalue weighted by Crippen LogP contribution is -2.22. The molecule has 0 unspecified atom stereocenters. The predicted octanol–water partition coefficient (Wildman–Crippen LogP) is 5.84. The largest absolute Gasteiger partial charge is 0.496 e. The first-order valence-corrected chi connectivity index (χ1v) is 11.9. The summed E-state index contributed by atoms with van der Waals surface area (Å²) in [5, 5.41) is 2.97. The van der Waals surface area contributed by atoms with Gasteiger partial charge in [0.25, 0.3) is 0 Å². The minimum Gasteiger partial charge on any atom is -0.496 e. The van der Waals surface area contributed by atoms with Crippen LogP contribution < -0.4 is 14.8 Å². The Morgan fingerprint density at radius 3 is 2.11 bits per heavy atom. The smallest absolute Gasteiger partial charge is 0.243 e. The summed E-state index contributed by atoms with van der Waals surface area (Å²) < 4.78 is 11.2. The van der Waals surface area contributed by atoms with Gasteiger partial charge in [-0.3, -0.25) is 9.78 Å². The molecule has 0 bridgehead atoms. The van der Waals surface area contributed by atoms with Gasteiger partial charge >= 0.3 is 0 Å². The molecule has 1 aromatic heterocycles. The van der Waals surface area contributed by atoms with Gasteiger partial charge in [-0.2, -0.15) is 0 Å². The van der Waals surface area contributed by atoms with E-state index >= 15 is 0 Å². The quantitative estimate of drug-likeness (QED) is 0.217. The van der Waals surface area contributed by atoms with E-state index < -0.39 is 0 Å². The van der Waals surface area contributed by atoms with Crippen molar-refractivity contribution in [2.75, 3.05) is 20.8 Å². The van der Waals surface area contributed by atoms with Crippen LogP contribution in [0.1, 0.15) is 40.9 Å². The second kappa shape index (κ2) is 13.1. The number of methoxy groups -OCH3 is 2. The first-order valence-electron chi connectivity index (χ1n) is 11.9. The molecule has 35 heavy (non-hydrogen) atoms. The van der Waals surface area contributed by atoms with Crippen LogP contribution in [-0.2, 0) is 11.2 Å². The maximum atomic E-state index is 12.4. The second-order valence-corrected chi connectivity index (χ2v) is 8.29. The third-order valence-corrected chi connectivity index (χ3v) is 5.81. The first kappa shape index (κ1) is 25.8. The summed E-state index contributed by atoms with van der Waals surface area (Å²) in [5.41, 5.74) is 6.15. The Hall–Kier alpha value is -3.86. The molecule has 3 aromatic rings.